The van der Waals surface area contributed by atoms with Crippen molar-refractivity contribution < 1.29 is 14.3 Å². The molecule has 0 aliphatic carbocycles. The molecule has 1 amide bonds. The van der Waals surface area contributed by atoms with Gasteiger partial charge in [0.05, 0.1) is 23.8 Å². The minimum atomic E-state index is -0.128. The van der Waals surface area contributed by atoms with Gasteiger partial charge in [-0.05, 0) is 42.8 Å². The minimum Gasteiger partial charge on any atom is -0.494 e. The maximum absolute atomic E-state index is 12.2. The maximum atomic E-state index is 12.2. The number of amides is 1. The number of carbonyl (C=O) groups is 1. The molecule has 2 heterocycles. The van der Waals surface area contributed by atoms with Crippen molar-refractivity contribution >= 4 is 16.8 Å². The highest BCUT2D eigenvalue weighted by atomic mass is 16.5. The number of fused-ring (bicyclic) bond motifs is 4. The van der Waals surface area contributed by atoms with Crippen LogP contribution in [0.25, 0.3) is 22.2 Å². The molecule has 0 saturated carbocycles. The summed E-state index contributed by atoms with van der Waals surface area (Å²) in [6.45, 7) is 0.990. The van der Waals surface area contributed by atoms with Gasteiger partial charge in [-0.25, -0.2) is 0 Å². The van der Waals surface area contributed by atoms with E-state index in [0.29, 0.717) is 36.6 Å². The fraction of sp³-hybridized carbons (Fsp3) is 0.250. The van der Waals surface area contributed by atoms with Gasteiger partial charge in [0.1, 0.15) is 17.2 Å². The predicted octanol–water partition coefficient (Wildman–Crippen LogP) is 2.72. The van der Waals surface area contributed by atoms with Crippen molar-refractivity contribution in [2.45, 2.75) is 6.42 Å². The van der Waals surface area contributed by atoms with E-state index >= 15 is 0 Å². The predicted molar refractivity (Wildman–Crippen MR) is 99.5 cm³/mol. The fourth-order valence-electron chi connectivity index (χ4n) is 3.06. The first-order valence-corrected chi connectivity index (χ1v) is 8.67. The van der Waals surface area contributed by atoms with E-state index < -0.39 is 0 Å². The van der Waals surface area contributed by atoms with Crippen molar-refractivity contribution in [1.82, 2.24) is 15.1 Å². The molecule has 0 saturated heterocycles. The third-order valence-corrected chi connectivity index (χ3v) is 4.54. The number of nitrogens with one attached hydrogen (secondary N) is 1. The molecule has 7 nitrogen and oxygen atoms in total. The molecule has 0 fully saturated rings. The largest absolute Gasteiger partial charge is 0.494 e. The number of hydrogen-bond acceptors (Lipinski definition) is 5. The van der Waals surface area contributed by atoms with E-state index in [1.54, 1.807) is 30.1 Å². The van der Waals surface area contributed by atoms with Crippen molar-refractivity contribution in [2.24, 2.45) is 0 Å². The number of rotatable bonds is 0. The molecule has 1 aromatic heterocycles. The molecular weight excluding hydrogens is 344 g/mol. The highest BCUT2D eigenvalue weighted by Crippen LogP contribution is 2.32. The third kappa shape index (κ3) is 3.42. The highest BCUT2D eigenvalue weighted by molar-refractivity contribution is 5.94. The molecule has 1 aliphatic rings. The number of nitriles is 1. The summed E-state index contributed by atoms with van der Waals surface area (Å²) in [5.74, 6) is 1.07. The molecular formula is C20H18N4O3. The Morgan fingerprint density at radius 3 is 2.93 bits per heavy atom. The first kappa shape index (κ1) is 16.9. The summed E-state index contributed by atoms with van der Waals surface area (Å²) in [6.07, 6.45) is 0.713. The van der Waals surface area contributed by atoms with Crippen molar-refractivity contribution in [2.75, 3.05) is 26.8 Å². The average molecular weight is 362 g/mol. The van der Waals surface area contributed by atoms with Crippen LogP contribution in [0.1, 0.15) is 12.0 Å². The lowest BCUT2D eigenvalue weighted by atomic mass is 10.0. The number of aromatic nitrogens is 2. The monoisotopic (exact) mass is 362 g/mol. The van der Waals surface area contributed by atoms with Crippen LogP contribution in [0, 0.1) is 11.3 Å². The summed E-state index contributed by atoms with van der Waals surface area (Å²) in [4.78, 5) is 13.9. The molecule has 3 aromatic rings. The molecule has 4 rings (SSSR count). The molecule has 1 aliphatic heterocycles. The lowest BCUT2D eigenvalue weighted by molar-refractivity contribution is -0.132. The van der Waals surface area contributed by atoms with Gasteiger partial charge in [-0.2, -0.15) is 10.4 Å². The van der Waals surface area contributed by atoms with Gasteiger partial charge in [0.15, 0.2) is 6.61 Å². The number of likely N-dealkylation sites (N-methyl/N-ethyl adjacent to an activating group) is 1. The van der Waals surface area contributed by atoms with Gasteiger partial charge >= 0.3 is 0 Å². The molecule has 0 radical (unpaired) electrons. The van der Waals surface area contributed by atoms with E-state index in [9.17, 15) is 10.1 Å². The van der Waals surface area contributed by atoms with Gasteiger partial charge in [-0.3, -0.25) is 9.89 Å². The number of ether oxygens (including phenoxy) is 2. The zero-order valence-corrected chi connectivity index (χ0v) is 14.9. The molecule has 0 spiro atoms. The van der Waals surface area contributed by atoms with Crippen LogP contribution in [0.4, 0.5) is 0 Å². The standard InChI is InChI=1S/C20H18N4O3/c1-24-5-2-6-26-15-3-4-18-17(10-15)20(23-22-18)14-7-13(11-21)8-16(9-14)27-12-19(24)25/h3-4,7-10H,2,5-6,12H2,1H3,(H,22,23). The SMILES string of the molecule is CN1CCCOc2ccc3[nH]nc(c3c2)-c2cc(C#N)cc(c2)OCC1=O. The van der Waals surface area contributed by atoms with Crippen LogP contribution in [-0.2, 0) is 4.79 Å². The van der Waals surface area contributed by atoms with Crippen molar-refractivity contribution in [3.8, 4) is 28.8 Å². The number of aromatic amines is 1. The smallest absolute Gasteiger partial charge is 0.260 e. The van der Waals surface area contributed by atoms with E-state index in [0.717, 1.165) is 22.2 Å². The second-order valence-corrected chi connectivity index (χ2v) is 6.44. The summed E-state index contributed by atoms with van der Waals surface area (Å²) < 4.78 is 11.5. The number of carbonyl (C=O) groups excluding carboxylic acids is 1. The minimum absolute atomic E-state index is 0.0879. The summed E-state index contributed by atoms with van der Waals surface area (Å²) in [7, 11) is 1.74. The van der Waals surface area contributed by atoms with Crippen molar-refractivity contribution in [3.63, 3.8) is 0 Å². The number of H-pyrrole nitrogens is 1. The van der Waals surface area contributed by atoms with E-state index in [1.807, 2.05) is 18.2 Å². The molecule has 4 bridgehead atoms. The van der Waals surface area contributed by atoms with E-state index in [-0.39, 0.29) is 12.5 Å². The average Bonchev–Trinajstić information content (AvgIpc) is 3.11. The molecule has 136 valence electrons. The Kier molecular flexibility index (Phi) is 4.38. The lowest BCUT2D eigenvalue weighted by Gasteiger charge is -2.17. The van der Waals surface area contributed by atoms with Gasteiger partial charge < -0.3 is 14.4 Å². The van der Waals surface area contributed by atoms with Crippen LogP contribution < -0.4 is 9.47 Å². The molecule has 1 N–H and O–H groups in total. The summed E-state index contributed by atoms with van der Waals surface area (Å²) in [5, 5.41) is 17.7. The van der Waals surface area contributed by atoms with Crippen LogP contribution in [0.5, 0.6) is 11.5 Å². The Hall–Kier alpha value is -3.53. The Morgan fingerprint density at radius 2 is 2.07 bits per heavy atom. The highest BCUT2D eigenvalue weighted by Gasteiger charge is 2.15. The van der Waals surface area contributed by atoms with Crippen LogP contribution in [0.3, 0.4) is 0 Å². The van der Waals surface area contributed by atoms with Gasteiger partial charge in [-0.1, -0.05) is 0 Å². The first-order chi connectivity index (χ1) is 13.1. The van der Waals surface area contributed by atoms with Crippen LogP contribution in [0.2, 0.25) is 0 Å². The molecule has 2 aromatic carbocycles. The summed E-state index contributed by atoms with van der Waals surface area (Å²) >= 11 is 0. The van der Waals surface area contributed by atoms with Crippen molar-refractivity contribution in [3.05, 3.63) is 42.0 Å². The Labute approximate surface area is 156 Å². The second kappa shape index (κ2) is 7.00. The van der Waals surface area contributed by atoms with Gasteiger partial charge in [-0.15, -0.1) is 0 Å². The van der Waals surface area contributed by atoms with Crippen molar-refractivity contribution in [1.29, 1.82) is 5.26 Å². The number of nitrogens with zero attached hydrogens (tertiary/aromatic N) is 3. The van der Waals surface area contributed by atoms with Gasteiger partial charge in [0.25, 0.3) is 5.91 Å². The molecule has 0 unspecified atom stereocenters. The van der Waals surface area contributed by atoms with E-state index in [1.165, 1.54) is 0 Å². The summed E-state index contributed by atoms with van der Waals surface area (Å²) in [6, 6.07) is 13.0. The third-order valence-electron chi connectivity index (χ3n) is 4.54. The normalized spacial score (nSPS) is 14.8. The first-order valence-electron chi connectivity index (χ1n) is 8.67. The van der Waals surface area contributed by atoms with Crippen LogP contribution >= 0.6 is 0 Å². The Morgan fingerprint density at radius 1 is 1.19 bits per heavy atom. The number of hydrogen-bond donors (Lipinski definition) is 1. The maximum Gasteiger partial charge on any atom is 0.260 e. The van der Waals surface area contributed by atoms with E-state index in [4.69, 9.17) is 9.47 Å². The zero-order valence-electron chi connectivity index (χ0n) is 14.9. The van der Waals surface area contributed by atoms with Crippen LogP contribution in [0.15, 0.2) is 36.4 Å². The Balaban J connectivity index is 1.83. The van der Waals surface area contributed by atoms with Crippen LogP contribution in [-0.4, -0.2) is 47.8 Å². The van der Waals surface area contributed by atoms with Gasteiger partial charge in [0, 0.05) is 24.5 Å². The molecule has 27 heavy (non-hydrogen) atoms. The molecule has 0 atom stereocenters. The van der Waals surface area contributed by atoms with E-state index in [2.05, 4.69) is 16.3 Å². The van der Waals surface area contributed by atoms with Gasteiger partial charge in [0.2, 0.25) is 0 Å². The lowest BCUT2D eigenvalue weighted by Crippen LogP contribution is -2.32. The zero-order chi connectivity index (χ0) is 18.8. The number of benzene rings is 2. The fourth-order valence-corrected chi connectivity index (χ4v) is 3.06. The second-order valence-electron chi connectivity index (χ2n) is 6.44. The quantitative estimate of drug-likeness (QED) is 0.664. The molecule has 7 heteroatoms. The summed E-state index contributed by atoms with van der Waals surface area (Å²) in [5.41, 5.74) is 2.76. The Bertz CT molecular complexity index is 1050. The topological polar surface area (TPSA) is 91.2 Å².